The smallest absolute Gasteiger partial charge is 0.108 e. The summed E-state index contributed by atoms with van der Waals surface area (Å²) in [5, 5.41) is 3.64. The van der Waals surface area contributed by atoms with Gasteiger partial charge in [-0.25, -0.2) is 4.98 Å². The third kappa shape index (κ3) is 3.53. The summed E-state index contributed by atoms with van der Waals surface area (Å²) in [5.74, 6) is 1.15. The van der Waals surface area contributed by atoms with Gasteiger partial charge < -0.3 is 9.88 Å². The fraction of sp³-hybridized carbons (Fsp3) is 0.500. The van der Waals surface area contributed by atoms with Gasteiger partial charge in [0.05, 0.1) is 6.04 Å². The summed E-state index contributed by atoms with van der Waals surface area (Å²) in [6, 6.07) is 4.89. The summed E-state index contributed by atoms with van der Waals surface area (Å²) in [6.07, 6.45) is 4.95. The molecule has 1 atom stereocenters. The molecule has 1 aromatic heterocycles. The molecule has 0 radical (unpaired) electrons. The van der Waals surface area contributed by atoms with Crippen LogP contribution in [0.3, 0.4) is 0 Å². The van der Waals surface area contributed by atoms with E-state index in [0.717, 1.165) is 25.3 Å². The van der Waals surface area contributed by atoms with Gasteiger partial charge in [-0.15, -0.1) is 0 Å². The molecule has 0 spiro atoms. The first-order chi connectivity index (χ1) is 10.1. The van der Waals surface area contributed by atoms with Crippen molar-refractivity contribution >= 4 is 0 Å². The second kappa shape index (κ2) is 6.90. The standard InChI is InChI=1S/C18H27N3/c1-6-17-20-8-9-21(17)12-16(19-7-2)18-14(4)10-13(3)11-15(18)5/h8-11,16,19H,6-7,12H2,1-5H3. The maximum Gasteiger partial charge on any atom is 0.108 e. The Morgan fingerprint density at radius 3 is 2.38 bits per heavy atom. The van der Waals surface area contributed by atoms with Crippen molar-refractivity contribution in [2.75, 3.05) is 6.54 Å². The lowest BCUT2D eigenvalue weighted by Gasteiger charge is -2.24. The monoisotopic (exact) mass is 285 g/mol. The molecule has 0 saturated heterocycles. The van der Waals surface area contributed by atoms with Crippen molar-refractivity contribution < 1.29 is 0 Å². The summed E-state index contributed by atoms with van der Waals surface area (Å²) in [5.41, 5.74) is 5.51. The van der Waals surface area contributed by atoms with Crippen LogP contribution < -0.4 is 5.32 Å². The van der Waals surface area contributed by atoms with E-state index in [2.05, 4.69) is 67.8 Å². The Bertz CT molecular complexity index is 575. The highest BCUT2D eigenvalue weighted by Gasteiger charge is 2.17. The number of aromatic nitrogens is 2. The van der Waals surface area contributed by atoms with E-state index in [4.69, 9.17) is 0 Å². The van der Waals surface area contributed by atoms with E-state index in [-0.39, 0.29) is 0 Å². The molecule has 0 saturated carbocycles. The minimum atomic E-state index is 0.329. The SMILES string of the molecule is CCNC(Cn1ccnc1CC)c1c(C)cc(C)cc1C. The van der Waals surface area contributed by atoms with E-state index >= 15 is 0 Å². The highest BCUT2D eigenvalue weighted by Crippen LogP contribution is 2.25. The molecular formula is C18H27N3. The molecule has 3 heteroatoms. The molecule has 1 unspecified atom stereocenters. The molecule has 3 nitrogen and oxygen atoms in total. The minimum absolute atomic E-state index is 0.329. The van der Waals surface area contributed by atoms with Crippen LogP contribution in [0.5, 0.6) is 0 Å². The summed E-state index contributed by atoms with van der Waals surface area (Å²) in [6.45, 7) is 12.8. The Hall–Kier alpha value is -1.61. The highest BCUT2D eigenvalue weighted by atomic mass is 15.1. The van der Waals surface area contributed by atoms with Crippen molar-refractivity contribution in [1.29, 1.82) is 0 Å². The number of aryl methyl sites for hydroxylation is 4. The van der Waals surface area contributed by atoms with Crippen LogP contribution in [0.15, 0.2) is 24.5 Å². The molecule has 0 bridgehead atoms. The van der Waals surface area contributed by atoms with Crippen molar-refractivity contribution in [2.45, 2.75) is 53.6 Å². The summed E-state index contributed by atoms with van der Waals surface area (Å²) in [4.78, 5) is 4.44. The van der Waals surface area contributed by atoms with Crippen LogP contribution in [0.2, 0.25) is 0 Å². The molecule has 2 aromatic rings. The molecular weight excluding hydrogens is 258 g/mol. The van der Waals surface area contributed by atoms with Crippen LogP contribution in [-0.2, 0) is 13.0 Å². The van der Waals surface area contributed by atoms with Crippen molar-refractivity contribution in [3.05, 3.63) is 52.6 Å². The van der Waals surface area contributed by atoms with Gasteiger partial charge in [-0.1, -0.05) is 31.5 Å². The second-order valence-corrected chi connectivity index (χ2v) is 5.77. The van der Waals surface area contributed by atoms with Gasteiger partial charge in [-0.2, -0.15) is 0 Å². The Morgan fingerprint density at radius 1 is 1.14 bits per heavy atom. The first kappa shape index (κ1) is 15.8. The Morgan fingerprint density at radius 2 is 1.81 bits per heavy atom. The predicted octanol–water partition coefficient (Wildman–Crippen LogP) is 3.72. The van der Waals surface area contributed by atoms with Gasteiger partial charge in [0.1, 0.15) is 5.82 Å². The van der Waals surface area contributed by atoms with Crippen LogP contribution >= 0.6 is 0 Å². The molecule has 0 aliphatic rings. The lowest BCUT2D eigenvalue weighted by Crippen LogP contribution is -2.27. The number of rotatable bonds is 6. The molecule has 0 amide bonds. The van der Waals surface area contributed by atoms with E-state index < -0.39 is 0 Å². The van der Waals surface area contributed by atoms with Gasteiger partial charge in [0.25, 0.3) is 0 Å². The molecule has 114 valence electrons. The largest absolute Gasteiger partial charge is 0.333 e. The molecule has 1 N–H and O–H groups in total. The zero-order valence-corrected chi connectivity index (χ0v) is 13.9. The number of benzene rings is 1. The fourth-order valence-electron chi connectivity index (χ4n) is 3.26. The number of hydrogen-bond acceptors (Lipinski definition) is 2. The first-order valence-electron chi connectivity index (χ1n) is 7.87. The van der Waals surface area contributed by atoms with Gasteiger partial charge in [-0.3, -0.25) is 0 Å². The molecule has 0 fully saturated rings. The third-order valence-electron chi connectivity index (χ3n) is 4.03. The van der Waals surface area contributed by atoms with Crippen molar-refractivity contribution in [2.24, 2.45) is 0 Å². The van der Waals surface area contributed by atoms with Gasteiger partial charge in [0.2, 0.25) is 0 Å². The van der Waals surface area contributed by atoms with Crippen molar-refractivity contribution in [3.63, 3.8) is 0 Å². The summed E-state index contributed by atoms with van der Waals surface area (Å²) < 4.78 is 2.27. The van der Waals surface area contributed by atoms with E-state index in [1.54, 1.807) is 0 Å². The number of imidazole rings is 1. The molecule has 21 heavy (non-hydrogen) atoms. The van der Waals surface area contributed by atoms with Crippen LogP contribution in [0, 0.1) is 20.8 Å². The van der Waals surface area contributed by atoms with Crippen molar-refractivity contribution in [1.82, 2.24) is 14.9 Å². The van der Waals surface area contributed by atoms with E-state index in [1.165, 1.54) is 22.3 Å². The normalized spacial score (nSPS) is 12.6. The summed E-state index contributed by atoms with van der Waals surface area (Å²) in [7, 11) is 0. The third-order valence-corrected chi connectivity index (χ3v) is 4.03. The van der Waals surface area contributed by atoms with Crippen LogP contribution in [-0.4, -0.2) is 16.1 Å². The van der Waals surface area contributed by atoms with Gasteiger partial charge >= 0.3 is 0 Å². The Kier molecular flexibility index (Phi) is 5.18. The Labute approximate surface area is 128 Å². The minimum Gasteiger partial charge on any atom is -0.333 e. The zero-order valence-electron chi connectivity index (χ0n) is 13.9. The Balaban J connectivity index is 2.35. The second-order valence-electron chi connectivity index (χ2n) is 5.77. The fourth-order valence-corrected chi connectivity index (χ4v) is 3.26. The number of hydrogen-bond donors (Lipinski definition) is 1. The number of nitrogens with one attached hydrogen (secondary N) is 1. The lowest BCUT2D eigenvalue weighted by atomic mass is 9.93. The molecule has 1 aromatic carbocycles. The maximum atomic E-state index is 4.44. The highest BCUT2D eigenvalue weighted by molar-refractivity contribution is 5.39. The number of nitrogens with zero attached hydrogens (tertiary/aromatic N) is 2. The van der Waals surface area contributed by atoms with Gasteiger partial charge in [0, 0.05) is 25.4 Å². The van der Waals surface area contributed by atoms with E-state index in [0.29, 0.717) is 6.04 Å². The molecule has 1 heterocycles. The van der Waals surface area contributed by atoms with Gasteiger partial charge in [-0.05, 0) is 44.0 Å². The zero-order chi connectivity index (χ0) is 15.4. The molecule has 2 rings (SSSR count). The van der Waals surface area contributed by atoms with Crippen LogP contribution in [0.1, 0.15) is 48.0 Å². The topological polar surface area (TPSA) is 29.9 Å². The summed E-state index contributed by atoms with van der Waals surface area (Å²) >= 11 is 0. The average molecular weight is 285 g/mol. The average Bonchev–Trinajstić information content (AvgIpc) is 2.85. The number of likely N-dealkylation sites (N-methyl/N-ethyl adjacent to an activating group) is 1. The van der Waals surface area contributed by atoms with Crippen LogP contribution in [0.25, 0.3) is 0 Å². The van der Waals surface area contributed by atoms with E-state index in [1.807, 2.05) is 6.20 Å². The predicted molar refractivity (Wildman–Crippen MR) is 88.7 cm³/mol. The van der Waals surface area contributed by atoms with Crippen molar-refractivity contribution in [3.8, 4) is 0 Å². The lowest BCUT2D eigenvalue weighted by molar-refractivity contribution is 0.462. The van der Waals surface area contributed by atoms with Gasteiger partial charge in [0.15, 0.2) is 0 Å². The first-order valence-corrected chi connectivity index (χ1v) is 7.87. The molecule has 0 aliphatic carbocycles. The maximum absolute atomic E-state index is 4.44. The molecule has 0 aliphatic heterocycles. The van der Waals surface area contributed by atoms with E-state index in [9.17, 15) is 0 Å². The van der Waals surface area contributed by atoms with Crippen LogP contribution in [0.4, 0.5) is 0 Å². The quantitative estimate of drug-likeness (QED) is 0.876.